The highest BCUT2D eigenvalue weighted by atomic mass is 16.3. The number of hydrogen-bond donors (Lipinski definition) is 1. The molecule has 1 aliphatic heterocycles. The molecule has 0 bridgehead atoms. The highest BCUT2D eigenvalue weighted by molar-refractivity contribution is 6.14. The van der Waals surface area contributed by atoms with Gasteiger partial charge in [-0.15, -0.1) is 0 Å². The van der Waals surface area contributed by atoms with E-state index in [-0.39, 0.29) is 11.3 Å². The minimum Gasteiger partial charge on any atom is -0.503 e. The van der Waals surface area contributed by atoms with E-state index in [1.54, 1.807) is 30.5 Å². The molecule has 1 aliphatic rings. The zero-order valence-corrected chi connectivity index (χ0v) is 14.0. The largest absolute Gasteiger partial charge is 0.503 e. The van der Waals surface area contributed by atoms with Gasteiger partial charge in [-0.2, -0.15) is 0 Å². The lowest BCUT2D eigenvalue weighted by Crippen LogP contribution is -2.36. The number of likely N-dealkylation sites (N-methyl/N-ethyl adjacent to an activating group) is 1. The van der Waals surface area contributed by atoms with Crippen molar-refractivity contribution in [1.29, 1.82) is 0 Å². The van der Waals surface area contributed by atoms with Gasteiger partial charge in [0.1, 0.15) is 6.04 Å². The molecule has 0 spiro atoms. The molecule has 1 amide bonds. The van der Waals surface area contributed by atoms with Crippen LogP contribution in [0.3, 0.4) is 0 Å². The van der Waals surface area contributed by atoms with E-state index in [0.717, 1.165) is 0 Å². The van der Waals surface area contributed by atoms with Crippen LogP contribution in [0.5, 0.6) is 0 Å². The lowest BCUT2D eigenvalue weighted by Gasteiger charge is -2.27. The fourth-order valence-corrected chi connectivity index (χ4v) is 2.81. The van der Waals surface area contributed by atoms with Crippen molar-refractivity contribution in [3.05, 3.63) is 65.6 Å². The van der Waals surface area contributed by atoms with Crippen molar-refractivity contribution >= 4 is 11.7 Å². The van der Waals surface area contributed by atoms with Crippen LogP contribution in [-0.4, -0.2) is 58.8 Å². The van der Waals surface area contributed by atoms with Gasteiger partial charge in [0.05, 0.1) is 17.5 Å². The van der Waals surface area contributed by atoms with Crippen LogP contribution in [0.15, 0.2) is 58.5 Å². The van der Waals surface area contributed by atoms with Crippen molar-refractivity contribution in [3.8, 4) is 0 Å². The van der Waals surface area contributed by atoms with Gasteiger partial charge in [-0.1, -0.05) is 6.07 Å². The summed E-state index contributed by atoms with van der Waals surface area (Å²) in [6.45, 7) is 0.941. The standard InChI is InChI=1S/C18H19N3O4/c1-20(2)9-10-21-15(12-6-3-4-8-19-12)14(17(23)18(21)24)16(22)13-7-5-11-25-13/h3-8,11,15,23H,9-10H2,1-2H3. The van der Waals surface area contributed by atoms with Crippen molar-refractivity contribution < 1.29 is 19.1 Å². The van der Waals surface area contributed by atoms with Crippen LogP contribution in [0.25, 0.3) is 0 Å². The number of carbonyl (C=O) groups excluding carboxylic acids is 2. The summed E-state index contributed by atoms with van der Waals surface area (Å²) in [5.41, 5.74) is 0.519. The number of furan rings is 1. The number of aliphatic hydroxyl groups is 1. The number of aromatic nitrogens is 1. The van der Waals surface area contributed by atoms with Gasteiger partial charge in [0, 0.05) is 19.3 Å². The Hall–Kier alpha value is -2.93. The molecular weight excluding hydrogens is 322 g/mol. The summed E-state index contributed by atoms with van der Waals surface area (Å²) in [6.07, 6.45) is 2.97. The maximum absolute atomic E-state index is 12.8. The predicted octanol–water partition coefficient (Wildman–Crippen LogP) is 1.81. The van der Waals surface area contributed by atoms with Crippen molar-refractivity contribution in [2.75, 3.05) is 27.2 Å². The second-order valence-corrected chi connectivity index (χ2v) is 6.03. The Balaban J connectivity index is 2.04. The van der Waals surface area contributed by atoms with Gasteiger partial charge >= 0.3 is 0 Å². The third-order valence-electron chi connectivity index (χ3n) is 4.05. The fraction of sp³-hybridized carbons (Fsp3) is 0.278. The molecular formula is C18H19N3O4. The van der Waals surface area contributed by atoms with Crippen LogP contribution < -0.4 is 0 Å². The quantitative estimate of drug-likeness (QED) is 0.807. The fourth-order valence-electron chi connectivity index (χ4n) is 2.81. The summed E-state index contributed by atoms with van der Waals surface area (Å²) in [4.78, 5) is 33.1. The summed E-state index contributed by atoms with van der Waals surface area (Å²) in [6, 6.07) is 7.61. The second-order valence-electron chi connectivity index (χ2n) is 6.03. The Morgan fingerprint density at radius 2 is 2.12 bits per heavy atom. The first-order valence-electron chi connectivity index (χ1n) is 7.88. The van der Waals surface area contributed by atoms with Gasteiger partial charge in [-0.25, -0.2) is 0 Å². The number of nitrogens with zero attached hydrogens (tertiary/aromatic N) is 3. The van der Waals surface area contributed by atoms with Crippen molar-refractivity contribution in [3.63, 3.8) is 0 Å². The smallest absolute Gasteiger partial charge is 0.290 e. The molecule has 2 aromatic rings. The first kappa shape index (κ1) is 16.9. The normalized spacial score (nSPS) is 17.6. The number of rotatable bonds is 6. The molecule has 3 rings (SSSR count). The summed E-state index contributed by atoms with van der Waals surface area (Å²) in [7, 11) is 3.77. The van der Waals surface area contributed by atoms with Crippen LogP contribution in [-0.2, 0) is 4.79 Å². The molecule has 1 unspecified atom stereocenters. The summed E-state index contributed by atoms with van der Waals surface area (Å²) in [5.74, 6) is -1.56. The van der Waals surface area contributed by atoms with Crippen molar-refractivity contribution in [2.45, 2.75) is 6.04 Å². The van der Waals surface area contributed by atoms with E-state index in [0.29, 0.717) is 18.8 Å². The van der Waals surface area contributed by atoms with Gasteiger partial charge in [-0.05, 0) is 38.4 Å². The third-order valence-corrected chi connectivity index (χ3v) is 4.05. The van der Waals surface area contributed by atoms with E-state index >= 15 is 0 Å². The number of carbonyl (C=O) groups is 2. The molecule has 0 saturated carbocycles. The molecule has 2 aromatic heterocycles. The molecule has 0 fully saturated rings. The number of ketones is 1. The highest BCUT2D eigenvalue weighted by Gasteiger charge is 2.44. The molecule has 0 radical (unpaired) electrons. The zero-order chi connectivity index (χ0) is 18.0. The Morgan fingerprint density at radius 1 is 1.32 bits per heavy atom. The number of pyridine rings is 1. The summed E-state index contributed by atoms with van der Waals surface area (Å²) >= 11 is 0. The molecule has 0 aliphatic carbocycles. The minimum atomic E-state index is -0.744. The van der Waals surface area contributed by atoms with Crippen LogP contribution in [0.2, 0.25) is 0 Å². The van der Waals surface area contributed by atoms with Gasteiger partial charge in [-0.3, -0.25) is 14.6 Å². The highest BCUT2D eigenvalue weighted by Crippen LogP contribution is 2.37. The first-order chi connectivity index (χ1) is 12.0. The molecule has 0 saturated heterocycles. The van der Waals surface area contributed by atoms with Crippen molar-refractivity contribution in [2.24, 2.45) is 0 Å². The lowest BCUT2D eigenvalue weighted by molar-refractivity contribution is -0.129. The molecule has 3 heterocycles. The average Bonchev–Trinajstić information content (AvgIpc) is 3.22. The topological polar surface area (TPSA) is 86.9 Å². The Morgan fingerprint density at radius 3 is 2.72 bits per heavy atom. The third kappa shape index (κ3) is 3.18. The average molecular weight is 341 g/mol. The van der Waals surface area contributed by atoms with E-state index in [9.17, 15) is 14.7 Å². The number of amides is 1. The molecule has 130 valence electrons. The Bertz CT molecular complexity index is 797. The summed E-state index contributed by atoms with van der Waals surface area (Å²) < 4.78 is 5.16. The molecule has 0 aromatic carbocycles. The van der Waals surface area contributed by atoms with Crippen LogP contribution in [0, 0.1) is 0 Å². The second kappa shape index (κ2) is 6.90. The minimum absolute atomic E-state index is 0.00240. The molecule has 7 nitrogen and oxygen atoms in total. The van der Waals surface area contributed by atoms with Gasteiger partial charge in [0.15, 0.2) is 11.5 Å². The van der Waals surface area contributed by atoms with Gasteiger partial charge in [0.25, 0.3) is 5.91 Å². The van der Waals surface area contributed by atoms with E-state index in [1.165, 1.54) is 17.2 Å². The van der Waals surface area contributed by atoms with E-state index in [1.807, 2.05) is 19.0 Å². The zero-order valence-electron chi connectivity index (χ0n) is 14.0. The van der Waals surface area contributed by atoms with Crippen molar-refractivity contribution in [1.82, 2.24) is 14.8 Å². The van der Waals surface area contributed by atoms with Crippen LogP contribution >= 0.6 is 0 Å². The lowest BCUT2D eigenvalue weighted by atomic mass is 9.98. The Labute approximate surface area is 145 Å². The molecule has 25 heavy (non-hydrogen) atoms. The monoisotopic (exact) mass is 341 g/mol. The summed E-state index contributed by atoms with van der Waals surface area (Å²) in [5, 5.41) is 10.4. The maximum atomic E-state index is 12.8. The molecule has 1 N–H and O–H groups in total. The molecule has 7 heteroatoms. The van der Waals surface area contributed by atoms with E-state index in [2.05, 4.69) is 4.98 Å². The predicted molar refractivity (Wildman–Crippen MR) is 89.9 cm³/mol. The number of aliphatic hydroxyl groups excluding tert-OH is 1. The number of Topliss-reactive ketones (excluding diaryl/α,β-unsaturated/α-hetero) is 1. The van der Waals surface area contributed by atoms with Gasteiger partial charge in [0.2, 0.25) is 5.78 Å². The Kier molecular flexibility index (Phi) is 4.67. The SMILES string of the molecule is CN(C)CCN1C(=O)C(O)=C(C(=O)c2ccco2)C1c1ccccn1. The number of hydrogen-bond acceptors (Lipinski definition) is 6. The van der Waals surface area contributed by atoms with Crippen LogP contribution in [0.4, 0.5) is 0 Å². The first-order valence-corrected chi connectivity index (χ1v) is 7.88. The van der Waals surface area contributed by atoms with E-state index in [4.69, 9.17) is 4.42 Å². The molecule has 1 atom stereocenters. The van der Waals surface area contributed by atoms with E-state index < -0.39 is 23.5 Å². The maximum Gasteiger partial charge on any atom is 0.290 e. The van der Waals surface area contributed by atoms with Gasteiger partial charge < -0.3 is 19.3 Å². The van der Waals surface area contributed by atoms with Crippen LogP contribution in [0.1, 0.15) is 22.3 Å².